The van der Waals surface area contributed by atoms with Crippen LogP contribution < -0.4 is 11.2 Å². The van der Waals surface area contributed by atoms with Crippen molar-refractivity contribution in [3.05, 3.63) is 33.1 Å². The molecule has 3 atom stereocenters. The predicted octanol–water partition coefficient (Wildman–Crippen LogP) is -1.05. The predicted molar refractivity (Wildman–Crippen MR) is 76.3 cm³/mol. The Balaban J connectivity index is 2.64. The van der Waals surface area contributed by atoms with Gasteiger partial charge in [0.15, 0.2) is 5.78 Å². The molecule has 1 aromatic rings. The molecule has 8 nitrogen and oxygen atoms in total. The molecule has 0 unspecified atom stereocenters. The molecule has 3 N–H and O–H groups in total. The summed E-state index contributed by atoms with van der Waals surface area (Å²) in [6.45, 7) is 4.50. The molecular weight excluding hydrogens is 292 g/mol. The Kier molecular flexibility index (Phi) is 4.12. The first kappa shape index (κ1) is 16.6. The van der Waals surface area contributed by atoms with Gasteiger partial charge in [0.05, 0.1) is 12.7 Å². The number of aromatic amines is 1. The third-order valence-electron chi connectivity index (χ3n) is 3.69. The van der Waals surface area contributed by atoms with Gasteiger partial charge in [-0.2, -0.15) is 0 Å². The summed E-state index contributed by atoms with van der Waals surface area (Å²) in [5.41, 5.74) is -4.03. The van der Waals surface area contributed by atoms with Crippen LogP contribution in [0.2, 0.25) is 0 Å². The summed E-state index contributed by atoms with van der Waals surface area (Å²) in [6, 6.07) is 1.10. The largest absolute Gasteiger partial charge is 0.394 e. The van der Waals surface area contributed by atoms with Gasteiger partial charge in [0, 0.05) is 24.1 Å². The summed E-state index contributed by atoms with van der Waals surface area (Å²) in [4.78, 5) is 38.3. The van der Waals surface area contributed by atoms with Gasteiger partial charge in [-0.05, 0) is 0 Å². The van der Waals surface area contributed by atoms with Gasteiger partial charge >= 0.3 is 5.69 Å². The SMILES string of the molecule is CC(C)(C)C(=O)[C@]1(n2ccc(=O)[nH]c2=O)C[C@H](O)[C@@H](CO)O1. The van der Waals surface area contributed by atoms with E-state index in [1.54, 1.807) is 20.8 Å². The zero-order chi connectivity index (χ0) is 16.7. The number of nitrogens with one attached hydrogen (secondary N) is 1. The van der Waals surface area contributed by atoms with E-state index in [4.69, 9.17) is 4.74 Å². The number of rotatable bonds is 3. The number of ether oxygens (including phenoxy) is 1. The number of aliphatic hydroxyl groups is 2. The van der Waals surface area contributed by atoms with Crippen molar-refractivity contribution >= 4 is 5.78 Å². The van der Waals surface area contributed by atoms with Crippen molar-refractivity contribution in [1.82, 2.24) is 9.55 Å². The Labute approximate surface area is 126 Å². The Morgan fingerprint density at radius 1 is 1.50 bits per heavy atom. The summed E-state index contributed by atoms with van der Waals surface area (Å²) in [6.07, 6.45) is -1.10. The average Bonchev–Trinajstić information content (AvgIpc) is 2.74. The summed E-state index contributed by atoms with van der Waals surface area (Å²) in [5, 5.41) is 19.3. The first-order chi connectivity index (χ1) is 10.1. The van der Waals surface area contributed by atoms with Crippen LogP contribution in [0.15, 0.2) is 21.9 Å². The lowest BCUT2D eigenvalue weighted by Crippen LogP contribution is -2.53. The second-order valence-electron chi connectivity index (χ2n) is 6.45. The van der Waals surface area contributed by atoms with E-state index in [0.717, 1.165) is 16.8 Å². The topological polar surface area (TPSA) is 122 Å². The van der Waals surface area contributed by atoms with Gasteiger partial charge in [-0.3, -0.25) is 19.1 Å². The van der Waals surface area contributed by atoms with Crippen molar-refractivity contribution in [3.63, 3.8) is 0 Å². The summed E-state index contributed by atoms with van der Waals surface area (Å²) < 4.78 is 6.57. The van der Waals surface area contributed by atoms with Gasteiger partial charge in [0.1, 0.15) is 6.10 Å². The van der Waals surface area contributed by atoms with E-state index >= 15 is 0 Å². The molecule has 1 fully saturated rings. The number of aliphatic hydroxyl groups excluding tert-OH is 2. The maximum absolute atomic E-state index is 12.9. The van der Waals surface area contributed by atoms with Crippen LogP contribution in [-0.2, 0) is 15.3 Å². The Hall–Kier alpha value is -1.77. The fourth-order valence-corrected chi connectivity index (χ4v) is 2.65. The second-order valence-corrected chi connectivity index (χ2v) is 6.45. The quantitative estimate of drug-likeness (QED) is 0.654. The number of carbonyl (C=O) groups is 1. The maximum atomic E-state index is 12.9. The van der Waals surface area contributed by atoms with E-state index < -0.39 is 47.0 Å². The molecule has 2 rings (SSSR count). The highest BCUT2D eigenvalue weighted by atomic mass is 16.6. The molecule has 8 heteroatoms. The molecule has 0 saturated carbocycles. The van der Waals surface area contributed by atoms with E-state index in [-0.39, 0.29) is 6.42 Å². The maximum Gasteiger partial charge on any atom is 0.331 e. The number of hydrogen-bond donors (Lipinski definition) is 3. The number of aromatic nitrogens is 2. The normalized spacial score (nSPS) is 28.8. The van der Waals surface area contributed by atoms with Crippen LogP contribution in [0.5, 0.6) is 0 Å². The number of Topliss-reactive ketones (excluding diaryl/α,β-unsaturated/α-hetero) is 1. The lowest BCUT2D eigenvalue weighted by Gasteiger charge is -2.34. The Morgan fingerprint density at radius 2 is 2.14 bits per heavy atom. The zero-order valence-electron chi connectivity index (χ0n) is 12.7. The van der Waals surface area contributed by atoms with Crippen LogP contribution in [0.3, 0.4) is 0 Å². The first-order valence-electron chi connectivity index (χ1n) is 6.96. The van der Waals surface area contributed by atoms with Crippen molar-refractivity contribution in [2.75, 3.05) is 6.61 Å². The molecule has 0 bridgehead atoms. The molecule has 122 valence electrons. The minimum absolute atomic E-state index is 0.180. The van der Waals surface area contributed by atoms with Crippen molar-refractivity contribution in [2.45, 2.75) is 45.1 Å². The highest BCUT2D eigenvalue weighted by molar-refractivity contribution is 5.90. The third-order valence-corrected chi connectivity index (χ3v) is 3.69. The second kappa shape index (κ2) is 5.45. The molecule has 0 spiro atoms. The number of ketones is 1. The molecule has 0 amide bonds. The van der Waals surface area contributed by atoms with Crippen molar-refractivity contribution in [1.29, 1.82) is 0 Å². The summed E-state index contributed by atoms with van der Waals surface area (Å²) in [7, 11) is 0. The van der Waals surface area contributed by atoms with Crippen LogP contribution in [0, 0.1) is 5.41 Å². The molecule has 0 aromatic carbocycles. The fraction of sp³-hybridized carbons (Fsp3) is 0.643. The van der Waals surface area contributed by atoms with E-state index in [2.05, 4.69) is 4.98 Å². The molecule has 22 heavy (non-hydrogen) atoms. The summed E-state index contributed by atoms with van der Waals surface area (Å²) >= 11 is 0. The zero-order valence-corrected chi connectivity index (χ0v) is 12.7. The van der Waals surface area contributed by atoms with Crippen molar-refractivity contribution < 1.29 is 19.7 Å². The standard InChI is InChI=1S/C14H20N2O6/c1-13(2,3)11(20)14(6-8(18)9(7-17)22-14)16-5-4-10(19)15-12(16)21/h4-5,8-9,17-18H,6-7H2,1-3H3,(H,15,19,21)/t8-,9+,14-/m0/s1. The van der Waals surface area contributed by atoms with Gasteiger partial charge in [-0.1, -0.05) is 20.8 Å². The van der Waals surface area contributed by atoms with Crippen LogP contribution in [0.25, 0.3) is 0 Å². The molecule has 1 saturated heterocycles. The molecule has 1 aromatic heterocycles. The van der Waals surface area contributed by atoms with Gasteiger partial charge < -0.3 is 14.9 Å². The highest BCUT2D eigenvalue weighted by Crippen LogP contribution is 2.39. The minimum Gasteiger partial charge on any atom is -0.394 e. The van der Waals surface area contributed by atoms with E-state index in [9.17, 15) is 24.6 Å². The molecular formula is C14H20N2O6. The van der Waals surface area contributed by atoms with Crippen LogP contribution in [0.4, 0.5) is 0 Å². The number of carbonyl (C=O) groups excluding carboxylic acids is 1. The number of H-pyrrole nitrogens is 1. The first-order valence-corrected chi connectivity index (χ1v) is 6.96. The number of hydrogen-bond acceptors (Lipinski definition) is 6. The van der Waals surface area contributed by atoms with E-state index in [1.807, 2.05) is 0 Å². The van der Waals surface area contributed by atoms with Gasteiger partial charge in [-0.15, -0.1) is 0 Å². The van der Waals surface area contributed by atoms with Crippen LogP contribution in [-0.4, -0.2) is 44.4 Å². The monoisotopic (exact) mass is 312 g/mol. The molecule has 1 aliphatic rings. The van der Waals surface area contributed by atoms with Gasteiger partial charge in [0.25, 0.3) is 5.56 Å². The van der Waals surface area contributed by atoms with Crippen LogP contribution in [0.1, 0.15) is 27.2 Å². The minimum atomic E-state index is -1.76. The van der Waals surface area contributed by atoms with Gasteiger partial charge in [0.2, 0.25) is 5.72 Å². The summed E-state index contributed by atoms with van der Waals surface area (Å²) in [5.74, 6) is -0.427. The van der Waals surface area contributed by atoms with E-state index in [0.29, 0.717) is 0 Å². The van der Waals surface area contributed by atoms with Crippen LogP contribution >= 0.6 is 0 Å². The third kappa shape index (κ3) is 2.65. The fourth-order valence-electron chi connectivity index (χ4n) is 2.65. The lowest BCUT2D eigenvalue weighted by atomic mass is 9.82. The van der Waals surface area contributed by atoms with Crippen molar-refractivity contribution in [2.24, 2.45) is 5.41 Å². The van der Waals surface area contributed by atoms with Crippen molar-refractivity contribution in [3.8, 4) is 0 Å². The lowest BCUT2D eigenvalue weighted by molar-refractivity contribution is -0.170. The molecule has 1 aliphatic heterocycles. The Bertz CT molecular complexity index is 686. The molecule has 2 heterocycles. The highest BCUT2D eigenvalue weighted by Gasteiger charge is 2.55. The smallest absolute Gasteiger partial charge is 0.331 e. The average molecular weight is 312 g/mol. The Morgan fingerprint density at radius 3 is 2.59 bits per heavy atom. The van der Waals surface area contributed by atoms with Gasteiger partial charge in [-0.25, -0.2) is 4.79 Å². The molecule has 0 aliphatic carbocycles. The van der Waals surface area contributed by atoms with E-state index in [1.165, 1.54) is 0 Å². The molecule has 0 radical (unpaired) electrons. The number of nitrogens with zero attached hydrogens (tertiary/aromatic N) is 1.